The van der Waals surface area contributed by atoms with Gasteiger partial charge in [-0.25, -0.2) is 4.79 Å². The summed E-state index contributed by atoms with van der Waals surface area (Å²) in [5, 5.41) is 5.56. The Bertz CT molecular complexity index is 590. The Balaban J connectivity index is 2.37. The summed E-state index contributed by atoms with van der Waals surface area (Å²) in [6.45, 7) is 3.42. The average molecular weight is 262 g/mol. The fourth-order valence-corrected chi connectivity index (χ4v) is 2.11. The molecule has 0 spiro atoms. The molecule has 1 aromatic heterocycles. The number of ether oxygens (including phenoxy) is 2. The van der Waals surface area contributed by atoms with E-state index in [4.69, 9.17) is 9.47 Å². The number of rotatable bonds is 5. The van der Waals surface area contributed by atoms with Crippen LogP contribution in [0, 0.1) is 6.92 Å². The third-order valence-corrected chi connectivity index (χ3v) is 3.08. The van der Waals surface area contributed by atoms with E-state index in [0.717, 1.165) is 29.6 Å². The quantitative estimate of drug-likeness (QED) is 0.612. The zero-order valence-corrected chi connectivity index (χ0v) is 11.5. The largest absolute Gasteiger partial charge is 0.465 e. The lowest BCUT2D eigenvalue weighted by molar-refractivity contribution is 0.0601. The van der Waals surface area contributed by atoms with Crippen molar-refractivity contribution < 1.29 is 14.3 Å². The van der Waals surface area contributed by atoms with Crippen molar-refractivity contribution in [2.75, 3.05) is 20.8 Å². The van der Waals surface area contributed by atoms with E-state index in [1.807, 2.05) is 23.7 Å². The summed E-state index contributed by atoms with van der Waals surface area (Å²) in [5.41, 5.74) is 2.46. The summed E-state index contributed by atoms with van der Waals surface area (Å²) in [6, 6.07) is 5.51. The molecule has 0 aliphatic carbocycles. The number of aryl methyl sites for hydroxylation is 2. The number of carbonyl (C=O) groups excluding carboxylic acids is 1. The molecule has 102 valence electrons. The normalized spacial score (nSPS) is 10.9. The van der Waals surface area contributed by atoms with Gasteiger partial charge in [-0.2, -0.15) is 5.10 Å². The molecule has 0 atom stereocenters. The molecule has 0 saturated heterocycles. The summed E-state index contributed by atoms with van der Waals surface area (Å²) < 4.78 is 11.7. The Morgan fingerprint density at radius 2 is 2.16 bits per heavy atom. The molecule has 0 aliphatic heterocycles. The number of benzene rings is 1. The van der Waals surface area contributed by atoms with E-state index in [2.05, 4.69) is 5.10 Å². The number of esters is 1. The highest BCUT2D eigenvalue weighted by molar-refractivity contribution is 5.94. The van der Waals surface area contributed by atoms with Gasteiger partial charge in [0, 0.05) is 25.6 Å². The molecule has 0 saturated carbocycles. The minimum absolute atomic E-state index is 0.329. The molecule has 5 nitrogen and oxygen atoms in total. The van der Waals surface area contributed by atoms with E-state index in [0.29, 0.717) is 12.2 Å². The molecule has 0 bridgehead atoms. The van der Waals surface area contributed by atoms with E-state index >= 15 is 0 Å². The van der Waals surface area contributed by atoms with Crippen molar-refractivity contribution in [1.82, 2.24) is 9.78 Å². The lowest BCUT2D eigenvalue weighted by atomic mass is 10.1. The summed E-state index contributed by atoms with van der Waals surface area (Å²) in [6.07, 6.45) is 0.884. The standard InChI is InChI=1S/C14H18N2O3/c1-10-12-6-5-11(14(17)19-3)9-13(12)16(15-10)7-4-8-18-2/h5-6,9H,4,7-8H2,1-3H3. The highest BCUT2D eigenvalue weighted by Crippen LogP contribution is 2.20. The van der Waals surface area contributed by atoms with Gasteiger partial charge in [-0.05, 0) is 25.5 Å². The number of nitrogens with zero attached hydrogens (tertiary/aromatic N) is 2. The number of carbonyl (C=O) groups is 1. The topological polar surface area (TPSA) is 53.4 Å². The molecule has 0 fully saturated rings. The van der Waals surface area contributed by atoms with Gasteiger partial charge in [0.05, 0.1) is 23.9 Å². The number of hydrogen-bond acceptors (Lipinski definition) is 4. The van der Waals surface area contributed by atoms with Crippen molar-refractivity contribution in [3.63, 3.8) is 0 Å². The molecule has 2 rings (SSSR count). The zero-order chi connectivity index (χ0) is 13.8. The van der Waals surface area contributed by atoms with E-state index in [1.165, 1.54) is 7.11 Å². The van der Waals surface area contributed by atoms with Crippen LogP contribution in [0.15, 0.2) is 18.2 Å². The lowest BCUT2D eigenvalue weighted by Gasteiger charge is -2.04. The molecule has 0 radical (unpaired) electrons. The molecular weight excluding hydrogens is 244 g/mol. The van der Waals surface area contributed by atoms with Crippen LogP contribution >= 0.6 is 0 Å². The van der Waals surface area contributed by atoms with Gasteiger partial charge >= 0.3 is 5.97 Å². The van der Waals surface area contributed by atoms with Gasteiger partial charge in [0.25, 0.3) is 0 Å². The van der Waals surface area contributed by atoms with Crippen LogP contribution in [0.2, 0.25) is 0 Å². The van der Waals surface area contributed by atoms with Gasteiger partial charge in [-0.1, -0.05) is 6.07 Å². The number of methoxy groups -OCH3 is 2. The smallest absolute Gasteiger partial charge is 0.337 e. The maximum Gasteiger partial charge on any atom is 0.337 e. The first kappa shape index (κ1) is 13.5. The Morgan fingerprint density at radius 3 is 2.84 bits per heavy atom. The Labute approximate surface area is 112 Å². The second-order valence-corrected chi connectivity index (χ2v) is 4.38. The van der Waals surface area contributed by atoms with Gasteiger partial charge < -0.3 is 9.47 Å². The number of aromatic nitrogens is 2. The fraction of sp³-hybridized carbons (Fsp3) is 0.429. The van der Waals surface area contributed by atoms with Crippen molar-refractivity contribution in [1.29, 1.82) is 0 Å². The second kappa shape index (κ2) is 5.84. The van der Waals surface area contributed by atoms with Crippen molar-refractivity contribution >= 4 is 16.9 Å². The van der Waals surface area contributed by atoms with Crippen molar-refractivity contribution in [3.8, 4) is 0 Å². The third-order valence-electron chi connectivity index (χ3n) is 3.08. The van der Waals surface area contributed by atoms with Crippen LogP contribution in [0.5, 0.6) is 0 Å². The van der Waals surface area contributed by atoms with Gasteiger partial charge in [0.1, 0.15) is 0 Å². The van der Waals surface area contributed by atoms with Gasteiger partial charge in [-0.3, -0.25) is 4.68 Å². The molecule has 0 amide bonds. The SMILES string of the molecule is COCCCn1nc(C)c2ccc(C(=O)OC)cc21. The number of fused-ring (bicyclic) bond motifs is 1. The summed E-state index contributed by atoms with van der Waals surface area (Å²) >= 11 is 0. The Kier molecular flexibility index (Phi) is 4.16. The maximum atomic E-state index is 11.6. The molecule has 1 aromatic carbocycles. The third kappa shape index (κ3) is 2.76. The van der Waals surface area contributed by atoms with E-state index in [-0.39, 0.29) is 5.97 Å². The molecule has 0 aliphatic rings. The van der Waals surface area contributed by atoms with Gasteiger partial charge in [0.15, 0.2) is 0 Å². The van der Waals surface area contributed by atoms with E-state index < -0.39 is 0 Å². The van der Waals surface area contributed by atoms with Gasteiger partial charge in [-0.15, -0.1) is 0 Å². The average Bonchev–Trinajstić information content (AvgIpc) is 2.74. The molecule has 5 heteroatoms. The fourth-order valence-electron chi connectivity index (χ4n) is 2.11. The Hall–Kier alpha value is -1.88. The zero-order valence-electron chi connectivity index (χ0n) is 11.5. The predicted molar refractivity (Wildman–Crippen MR) is 72.3 cm³/mol. The van der Waals surface area contributed by atoms with Crippen LogP contribution in [-0.2, 0) is 16.0 Å². The monoisotopic (exact) mass is 262 g/mol. The van der Waals surface area contributed by atoms with E-state index in [1.54, 1.807) is 13.2 Å². The molecule has 0 unspecified atom stereocenters. The second-order valence-electron chi connectivity index (χ2n) is 4.38. The summed E-state index contributed by atoms with van der Waals surface area (Å²) in [5.74, 6) is -0.329. The predicted octanol–water partition coefficient (Wildman–Crippen LogP) is 2.17. The molecule has 19 heavy (non-hydrogen) atoms. The summed E-state index contributed by atoms with van der Waals surface area (Å²) in [7, 11) is 3.06. The number of hydrogen-bond donors (Lipinski definition) is 0. The Morgan fingerprint density at radius 1 is 1.37 bits per heavy atom. The maximum absolute atomic E-state index is 11.6. The summed E-state index contributed by atoms with van der Waals surface area (Å²) in [4.78, 5) is 11.6. The van der Waals surface area contributed by atoms with Crippen LogP contribution in [0.3, 0.4) is 0 Å². The lowest BCUT2D eigenvalue weighted by Crippen LogP contribution is -2.05. The first-order valence-electron chi connectivity index (χ1n) is 6.21. The minimum atomic E-state index is -0.329. The first-order valence-corrected chi connectivity index (χ1v) is 6.21. The molecule has 0 N–H and O–H groups in total. The first-order chi connectivity index (χ1) is 9.17. The molecule has 1 heterocycles. The van der Waals surface area contributed by atoms with Crippen LogP contribution in [0.4, 0.5) is 0 Å². The minimum Gasteiger partial charge on any atom is -0.465 e. The van der Waals surface area contributed by atoms with Crippen LogP contribution < -0.4 is 0 Å². The highest BCUT2D eigenvalue weighted by atomic mass is 16.5. The van der Waals surface area contributed by atoms with Crippen molar-refractivity contribution in [2.24, 2.45) is 0 Å². The van der Waals surface area contributed by atoms with Crippen molar-refractivity contribution in [3.05, 3.63) is 29.5 Å². The van der Waals surface area contributed by atoms with Crippen molar-refractivity contribution in [2.45, 2.75) is 19.9 Å². The molecule has 2 aromatic rings. The highest BCUT2D eigenvalue weighted by Gasteiger charge is 2.11. The van der Waals surface area contributed by atoms with Crippen LogP contribution in [-0.4, -0.2) is 36.6 Å². The van der Waals surface area contributed by atoms with Crippen LogP contribution in [0.1, 0.15) is 22.5 Å². The molecular formula is C14H18N2O3. The van der Waals surface area contributed by atoms with E-state index in [9.17, 15) is 4.79 Å². The van der Waals surface area contributed by atoms with Crippen LogP contribution in [0.25, 0.3) is 10.9 Å². The van der Waals surface area contributed by atoms with Gasteiger partial charge in [0.2, 0.25) is 0 Å².